The average molecular weight is 490 g/mol. The molecule has 1 aromatic heterocycles. The molecule has 0 radical (unpaired) electrons. The number of guanidine groups is 1. The monoisotopic (exact) mass is 490 g/mol. The SMILES string of the molecule is CCCOc1ncccc1CN=C(NCC)N1CCC(C(=O)OC)CC1.I. The summed E-state index contributed by atoms with van der Waals surface area (Å²) in [4.78, 5) is 23.0. The molecule has 0 aliphatic carbocycles. The summed E-state index contributed by atoms with van der Waals surface area (Å²) in [6.07, 6.45) is 4.25. The van der Waals surface area contributed by atoms with Crippen LogP contribution in [0.4, 0.5) is 0 Å². The molecule has 1 saturated heterocycles. The maximum Gasteiger partial charge on any atom is 0.308 e. The number of likely N-dealkylation sites (tertiary alicyclic amines) is 1. The number of carbonyl (C=O) groups excluding carboxylic acids is 1. The second-order valence-electron chi connectivity index (χ2n) is 6.27. The lowest BCUT2D eigenvalue weighted by Crippen LogP contribution is -2.46. The van der Waals surface area contributed by atoms with Gasteiger partial charge in [0.25, 0.3) is 0 Å². The zero-order valence-corrected chi connectivity index (χ0v) is 18.8. The largest absolute Gasteiger partial charge is 0.477 e. The minimum atomic E-state index is -0.111. The molecule has 2 rings (SSSR count). The van der Waals surface area contributed by atoms with Gasteiger partial charge in [-0.2, -0.15) is 0 Å². The fourth-order valence-electron chi connectivity index (χ4n) is 2.95. The number of nitrogens with one attached hydrogen (secondary N) is 1. The van der Waals surface area contributed by atoms with E-state index < -0.39 is 0 Å². The van der Waals surface area contributed by atoms with E-state index in [9.17, 15) is 4.79 Å². The van der Waals surface area contributed by atoms with Crippen molar-refractivity contribution in [3.05, 3.63) is 23.9 Å². The summed E-state index contributed by atoms with van der Waals surface area (Å²) in [5.74, 6) is 1.39. The van der Waals surface area contributed by atoms with Gasteiger partial charge in [0, 0.05) is 31.4 Å². The molecule has 2 heterocycles. The highest BCUT2D eigenvalue weighted by molar-refractivity contribution is 14.0. The summed E-state index contributed by atoms with van der Waals surface area (Å²) in [5.41, 5.74) is 0.973. The third-order valence-corrected chi connectivity index (χ3v) is 4.36. The van der Waals surface area contributed by atoms with Crippen molar-refractivity contribution in [2.45, 2.75) is 39.7 Å². The van der Waals surface area contributed by atoms with Gasteiger partial charge in [0.2, 0.25) is 5.88 Å². The number of pyridine rings is 1. The molecule has 27 heavy (non-hydrogen) atoms. The second-order valence-corrected chi connectivity index (χ2v) is 6.27. The van der Waals surface area contributed by atoms with Gasteiger partial charge in [-0.1, -0.05) is 13.0 Å². The van der Waals surface area contributed by atoms with Crippen LogP contribution in [-0.4, -0.2) is 55.2 Å². The first-order valence-electron chi connectivity index (χ1n) is 9.37. The van der Waals surface area contributed by atoms with Crippen LogP contribution in [0.25, 0.3) is 0 Å². The Balaban J connectivity index is 0.00000364. The molecule has 0 amide bonds. The molecule has 0 saturated carbocycles. The lowest BCUT2D eigenvalue weighted by atomic mass is 9.97. The van der Waals surface area contributed by atoms with Crippen LogP contribution in [0.5, 0.6) is 5.88 Å². The molecule has 0 aromatic carbocycles. The number of aromatic nitrogens is 1. The smallest absolute Gasteiger partial charge is 0.308 e. The minimum absolute atomic E-state index is 0. The van der Waals surface area contributed by atoms with Gasteiger partial charge >= 0.3 is 5.97 Å². The Bertz CT molecular complexity index is 604. The number of hydrogen-bond acceptors (Lipinski definition) is 5. The molecule has 1 fully saturated rings. The van der Waals surface area contributed by atoms with Crippen LogP contribution in [0.15, 0.2) is 23.3 Å². The number of carbonyl (C=O) groups is 1. The predicted molar refractivity (Wildman–Crippen MR) is 117 cm³/mol. The number of aliphatic imine (C=N–C) groups is 1. The van der Waals surface area contributed by atoms with E-state index in [-0.39, 0.29) is 35.9 Å². The van der Waals surface area contributed by atoms with Crippen LogP contribution >= 0.6 is 24.0 Å². The third kappa shape index (κ3) is 7.15. The molecular formula is C19H31IN4O3. The summed E-state index contributed by atoms with van der Waals surface area (Å²) in [6, 6.07) is 3.90. The number of piperidine rings is 1. The highest BCUT2D eigenvalue weighted by Crippen LogP contribution is 2.19. The molecule has 1 N–H and O–H groups in total. The van der Waals surface area contributed by atoms with Gasteiger partial charge < -0.3 is 19.7 Å². The van der Waals surface area contributed by atoms with E-state index in [4.69, 9.17) is 14.5 Å². The van der Waals surface area contributed by atoms with Crippen molar-refractivity contribution >= 4 is 35.9 Å². The van der Waals surface area contributed by atoms with Crippen molar-refractivity contribution in [1.82, 2.24) is 15.2 Å². The van der Waals surface area contributed by atoms with Crippen molar-refractivity contribution in [3.63, 3.8) is 0 Å². The Hall–Kier alpha value is -1.58. The van der Waals surface area contributed by atoms with Gasteiger partial charge in [0.05, 0.1) is 26.2 Å². The molecule has 0 unspecified atom stereocenters. The fraction of sp³-hybridized carbons (Fsp3) is 0.632. The zero-order chi connectivity index (χ0) is 18.8. The van der Waals surface area contributed by atoms with E-state index in [0.29, 0.717) is 19.0 Å². The van der Waals surface area contributed by atoms with Gasteiger partial charge in [-0.3, -0.25) is 4.79 Å². The van der Waals surface area contributed by atoms with Crippen molar-refractivity contribution in [2.24, 2.45) is 10.9 Å². The van der Waals surface area contributed by atoms with Crippen LogP contribution in [0.2, 0.25) is 0 Å². The number of esters is 1. The predicted octanol–water partition coefficient (Wildman–Crippen LogP) is 2.84. The molecule has 1 aromatic rings. The number of nitrogens with zero attached hydrogens (tertiary/aromatic N) is 3. The Morgan fingerprint density at radius 2 is 2.11 bits per heavy atom. The summed E-state index contributed by atoms with van der Waals surface area (Å²) in [6.45, 7) is 7.65. The van der Waals surface area contributed by atoms with Crippen LogP contribution in [-0.2, 0) is 16.1 Å². The molecule has 0 spiro atoms. The first-order valence-corrected chi connectivity index (χ1v) is 9.37. The van der Waals surface area contributed by atoms with E-state index in [1.54, 1.807) is 6.20 Å². The first kappa shape index (κ1) is 23.5. The van der Waals surface area contributed by atoms with E-state index in [0.717, 1.165) is 50.4 Å². The van der Waals surface area contributed by atoms with Crippen LogP contribution in [0.3, 0.4) is 0 Å². The molecule has 1 aliphatic heterocycles. The van der Waals surface area contributed by atoms with E-state index in [1.165, 1.54) is 7.11 Å². The lowest BCUT2D eigenvalue weighted by molar-refractivity contribution is -0.146. The van der Waals surface area contributed by atoms with E-state index in [1.807, 2.05) is 12.1 Å². The maximum atomic E-state index is 11.7. The summed E-state index contributed by atoms with van der Waals surface area (Å²) < 4.78 is 10.6. The quantitative estimate of drug-likeness (QED) is 0.274. The Morgan fingerprint density at radius 1 is 1.37 bits per heavy atom. The first-order chi connectivity index (χ1) is 12.7. The highest BCUT2D eigenvalue weighted by Gasteiger charge is 2.27. The van der Waals surface area contributed by atoms with Crippen LogP contribution < -0.4 is 10.1 Å². The molecule has 7 nitrogen and oxygen atoms in total. The van der Waals surface area contributed by atoms with E-state index >= 15 is 0 Å². The van der Waals surface area contributed by atoms with Gasteiger partial charge in [0.1, 0.15) is 0 Å². The Morgan fingerprint density at radius 3 is 2.74 bits per heavy atom. The Kier molecular flexibility index (Phi) is 11.1. The number of hydrogen-bond donors (Lipinski definition) is 1. The number of rotatable bonds is 7. The van der Waals surface area contributed by atoms with E-state index in [2.05, 4.69) is 29.0 Å². The normalized spacial score (nSPS) is 15.1. The van der Waals surface area contributed by atoms with Crippen molar-refractivity contribution in [2.75, 3.05) is 33.4 Å². The third-order valence-electron chi connectivity index (χ3n) is 4.36. The fourth-order valence-corrected chi connectivity index (χ4v) is 2.95. The lowest BCUT2D eigenvalue weighted by Gasteiger charge is -2.33. The van der Waals surface area contributed by atoms with Crippen molar-refractivity contribution < 1.29 is 14.3 Å². The average Bonchev–Trinajstić information content (AvgIpc) is 2.69. The molecule has 0 bridgehead atoms. The van der Waals surface area contributed by atoms with Gasteiger partial charge in [-0.25, -0.2) is 9.98 Å². The van der Waals surface area contributed by atoms with Gasteiger partial charge in [0.15, 0.2) is 5.96 Å². The minimum Gasteiger partial charge on any atom is -0.477 e. The molecular weight excluding hydrogens is 459 g/mol. The summed E-state index contributed by atoms with van der Waals surface area (Å²) >= 11 is 0. The van der Waals surface area contributed by atoms with Crippen molar-refractivity contribution in [1.29, 1.82) is 0 Å². The molecule has 1 aliphatic rings. The molecule has 152 valence electrons. The second kappa shape index (κ2) is 12.7. The van der Waals surface area contributed by atoms with Gasteiger partial charge in [-0.05, 0) is 32.3 Å². The number of halogens is 1. The number of methoxy groups -OCH3 is 1. The topological polar surface area (TPSA) is 76.1 Å². The summed E-state index contributed by atoms with van der Waals surface area (Å²) in [5, 5.41) is 3.34. The Labute approximate surface area is 178 Å². The van der Waals surface area contributed by atoms with Crippen LogP contribution in [0, 0.1) is 5.92 Å². The van der Waals surface area contributed by atoms with Gasteiger partial charge in [-0.15, -0.1) is 24.0 Å². The van der Waals surface area contributed by atoms with Crippen LogP contribution in [0.1, 0.15) is 38.7 Å². The maximum absolute atomic E-state index is 11.7. The standard InChI is InChI=1S/C19H30N4O3.HI/c1-4-13-26-17-16(7-6-10-21-17)14-22-19(20-5-2)23-11-8-15(9-12-23)18(24)25-3;/h6-7,10,15H,4-5,8-9,11-14H2,1-3H3,(H,20,22);1H. The number of ether oxygens (including phenoxy) is 2. The molecule has 0 atom stereocenters. The summed E-state index contributed by atoms with van der Waals surface area (Å²) in [7, 11) is 1.45. The van der Waals surface area contributed by atoms with Crippen molar-refractivity contribution in [3.8, 4) is 5.88 Å². The zero-order valence-electron chi connectivity index (χ0n) is 16.4. The molecule has 8 heteroatoms. The highest BCUT2D eigenvalue weighted by atomic mass is 127.